The van der Waals surface area contributed by atoms with Gasteiger partial charge in [-0.15, -0.1) is 0 Å². The molecule has 0 atom stereocenters. The van der Waals surface area contributed by atoms with Gasteiger partial charge < -0.3 is 0 Å². The van der Waals surface area contributed by atoms with Crippen LogP contribution in [0.5, 0.6) is 0 Å². The summed E-state index contributed by atoms with van der Waals surface area (Å²) in [6.07, 6.45) is 16.0. The van der Waals surface area contributed by atoms with Crippen molar-refractivity contribution in [1.29, 1.82) is 0 Å². The quantitative estimate of drug-likeness (QED) is 0.598. The van der Waals surface area contributed by atoms with Crippen LogP contribution in [0.25, 0.3) is 0 Å². The molecule has 3 nitrogen and oxygen atoms in total. The summed E-state index contributed by atoms with van der Waals surface area (Å²) >= 11 is -2.12. The number of rotatable bonds is 0. The van der Waals surface area contributed by atoms with Gasteiger partial charge in [0, 0.05) is 0 Å². The van der Waals surface area contributed by atoms with E-state index in [4.69, 9.17) is 0 Å². The van der Waals surface area contributed by atoms with E-state index in [2.05, 4.69) is 0 Å². The molecule has 0 aromatic rings. The molecule has 0 bridgehead atoms. The van der Waals surface area contributed by atoms with Gasteiger partial charge in [-0.2, -0.15) is 0 Å². The molecule has 0 unspecified atom stereocenters. The van der Waals surface area contributed by atoms with Crippen LogP contribution in [0.4, 0.5) is 0 Å². The van der Waals surface area contributed by atoms with Crippen molar-refractivity contribution < 1.29 is 27.0 Å². The second kappa shape index (κ2) is 10.3. The van der Waals surface area contributed by atoms with Crippen molar-refractivity contribution in [2.45, 2.75) is 0 Å². The van der Waals surface area contributed by atoms with Gasteiger partial charge in [0.15, 0.2) is 0 Å². The molecule has 0 aromatic heterocycles. The summed E-state index contributed by atoms with van der Waals surface area (Å²) in [6.45, 7) is 0. The van der Waals surface area contributed by atoms with Crippen LogP contribution in [0, 0.1) is 0 Å². The molecule has 1 aliphatic carbocycles. The fourth-order valence-electron chi connectivity index (χ4n) is 0.557. The number of carbonyl (C=O) groups excluding carboxylic acids is 3. The standard InChI is InChI=1S/C8H8.3CO.Fe/c1-2-4-6-8-7-5-3-1;3*1-2;/h1-8H;;;;. The molecular formula is C11H8FeO3. The zero-order valence-corrected chi connectivity index (χ0v) is 8.80. The van der Waals surface area contributed by atoms with Crippen molar-refractivity contribution in [2.24, 2.45) is 0 Å². The van der Waals surface area contributed by atoms with Crippen molar-refractivity contribution in [3.63, 3.8) is 0 Å². The summed E-state index contributed by atoms with van der Waals surface area (Å²) in [5.74, 6) is 0. The van der Waals surface area contributed by atoms with Gasteiger partial charge in [-0.25, -0.2) is 0 Å². The van der Waals surface area contributed by atoms with E-state index in [1.807, 2.05) is 48.6 Å². The summed E-state index contributed by atoms with van der Waals surface area (Å²) in [5, 5.41) is 0. The molecule has 0 aromatic carbocycles. The van der Waals surface area contributed by atoms with Gasteiger partial charge in [0.25, 0.3) is 0 Å². The van der Waals surface area contributed by atoms with Crippen LogP contribution < -0.4 is 0 Å². The molecule has 0 saturated heterocycles. The van der Waals surface area contributed by atoms with Crippen LogP contribution in [0.15, 0.2) is 48.6 Å². The molecule has 0 fully saturated rings. The molecule has 4 heteroatoms. The minimum atomic E-state index is -2.12. The summed E-state index contributed by atoms with van der Waals surface area (Å²) in [6, 6.07) is 0. The fourth-order valence-corrected chi connectivity index (χ4v) is 0.695. The Hall–Kier alpha value is -1.78. The molecular weight excluding hydrogens is 236 g/mol. The molecule has 0 spiro atoms. The van der Waals surface area contributed by atoms with E-state index in [0.717, 1.165) is 0 Å². The Morgan fingerprint density at radius 3 is 0.800 bits per heavy atom. The van der Waals surface area contributed by atoms with E-state index in [1.54, 1.807) is 0 Å². The van der Waals surface area contributed by atoms with E-state index >= 15 is 0 Å². The van der Waals surface area contributed by atoms with Crippen molar-refractivity contribution in [3.05, 3.63) is 48.6 Å². The molecule has 1 aliphatic rings. The Labute approximate surface area is 90.2 Å². The third kappa shape index (κ3) is 8.55. The average molecular weight is 244 g/mol. The second-order valence-corrected chi connectivity index (χ2v) is 3.53. The van der Waals surface area contributed by atoms with E-state index in [9.17, 15) is 14.4 Å². The Morgan fingerprint density at radius 1 is 0.533 bits per heavy atom. The zero-order valence-electron chi connectivity index (χ0n) is 7.70. The van der Waals surface area contributed by atoms with Crippen LogP contribution in [0.2, 0.25) is 0 Å². The van der Waals surface area contributed by atoms with E-state index < -0.39 is 12.6 Å². The first kappa shape index (κ1) is 13.2. The van der Waals surface area contributed by atoms with Gasteiger partial charge in [-0.1, -0.05) is 48.6 Å². The van der Waals surface area contributed by atoms with Gasteiger partial charge in [0.1, 0.15) is 0 Å². The zero-order chi connectivity index (χ0) is 11.4. The molecule has 0 aliphatic heterocycles. The number of allylic oxidation sites excluding steroid dienone is 8. The first-order valence-electron chi connectivity index (χ1n) is 3.81. The average Bonchev–Trinajstić information content (AvgIpc) is 2.20. The van der Waals surface area contributed by atoms with Gasteiger partial charge >= 0.3 is 41.3 Å². The Morgan fingerprint density at radius 2 is 0.733 bits per heavy atom. The monoisotopic (exact) mass is 244 g/mol. The predicted molar refractivity (Wildman–Crippen MR) is 53.6 cm³/mol. The number of hydrogen-bond acceptors (Lipinski definition) is 3. The summed E-state index contributed by atoms with van der Waals surface area (Å²) in [5.41, 5.74) is 0. The second-order valence-electron chi connectivity index (χ2n) is 2.02. The van der Waals surface area contributed by atoms with Gasteiger partial charge in [-0.3, -0.25) is 0 Å². The van der Waals surface area contributed by atoms with Crippen molar-refractivity contribution in [2.75, 3.05) is 0 Å². The fraction of sp³-hybridized carbons (Fsp3) is 0. The molecule has 15 heavy (non-hydrogen) atoms. The topological polar surface area (TPSA) is 51.2 Å². The molecule has 0 saturated carbocycles. The Balaban J connectivity index is 0.000000265. The molecule has 0 radical (unpaired) electrons. The molecule has 78 valence electrons. The van der Waals surface area contributed by atoms with E-state index in [1.165, 1.54) is 14.4 Å². The van der Waals surface area contributed by atoms with E-state index in [-0.39, 0.29) is 0 Å². The minimum absolute atomic E-state index is 1.19. The molecule has 1 rings (SSSR count). The molecule has 0 N–H and O–H groups in total. The third-order valence-electron chi connectivity index (χ3n) is 1.11. The molecule has 0 heterocycles. The Kier molecular flexibility index (Phi) is 9.08. The summed E-state index contributed by atoms with van der Waals surface area (Å²) in [7, 11) is 0. The Bertz CT molecular complexity index is 413. The van der Waals surface area contributed by atoms with Gasteiger partial charge in [0.2, 0.25) is 0 Å². The maximum absolute atomic E-state index is 9.35. The van der Waals surface area contributed by atoms with Crippen molar-refractivity contribution >= 4 is 14.4 Å². The first-order chi connectivity index (χ1) is 7.35. The van der Waals surface area contributed by atoms with Gasteiger partial charge in [-0.05, 0) is 0 Å². The van der Waals surface area contributed by atoms with Gasteiger partial charge in [0.05, 0.1) is 0 Å². The first-order valence-corrected chi connectivity index (χ1v) is 5.47. The van der Waals surface area contributed by atoms with Crippen LogP contribution in [0.1, 0.15) is 0 Å². The normalized spacial score (nSPS) is 11.5. The van der Waals surface area contributed by atoms with Crippen molar-refractivity contribution in [3.8, 4) is 0 Å². The van der Waals surface area contributed by atoms with E-state index in [0.29, 0.717) is 0 Å². The summed E-state index contributed by atoms with van der Waals surface area (Å²) in [4.78, 5) is 31.6. The third-order valence-corrected chi connectivity index (χ3v) is 1.78. The number of hydrogen-bond donors (Lipinski definition) is 0. The van der Waals surface area contributed by atoms with Crippen LogP contribution >= 0.6 is 0 Å². The van der Waals surface area contributed by atoms with Crippen LogP contribution in [-0.2, 0) is 27.0 Å². The maximum atomic E-state index is 9.35. The van der Waals surface area contributed by atoms with Crippen LogP contribution in [0.3, 0.4) is 0 Å². The summed E-state index contributed by atoms with van der Waals surface area (Å²) < 4.78 is 0. The van der Waals surface area contributed by atoms with Crippen molar-refractivity contribution in [1.82, 2.24) is 0 Å². The SMILES string of the molecule is C1=CC=CC=CC=C1.O=[C]=[Fe](=[C]=O)=[C]=O. The van der Waals surface area contributed by atoms with Crippen LogP contribution in [-0.4, -0.2) is 14.4 Å². The molecule has 0 amide bonds. The predicted octanol–water partition coefficient (Wildman–Crippen LogP) is 1.03.